The zero-order chi connectivity index (χ0) is 13.6. The molecule has 0 radical (unpaired) electrons. The van der Waals surface area contributed by atoms with E-state index in [4.69, 9.17) is 15.2 Å². The van der Waals surface area contributed by atoms with Gasteiger partial charge in [-0.25, -0.2) is 0 Å². The van der Waals surface area contributed by atoms with Crippen LogP contribution in [-0.4, -0.2) is 18.3 Å². The Morgan fingerprint density at radius 1 is 1.44 bits per heavy atom. The van der Waals surface area contributed by atoms with Gasteiger partial charge >= 0.3 is 0 Å². The third-order valence-corrected chi connectivity index (χ3v) is 4.75. The number of rotatable bonds is 3. The minimum atomic E-state index is -0.180. The molecule has 0 aromatic carbocycles. The largest absolute Gasteiger partial charge is 0.496 e. The van der Waals surface area contributed by atoms with E-state index in [1.807, 2.05) is 11.4 Å². The van der Waals surface area contributed by atoms with Crippen molar-refractivity contribution in [1.82, 2.24) is 0 Å². The average molecular weight is 269 g/mol. The van der Waals surface area contributed by atoms with Gasteiger partial charge in [0.2, 0.25) is 0 Å². The van der Waals surface area contributed by atoms with Crippen molar-refractivity contribution in [2.24, 2.45) is 11.7 Å². The molecule has 4 heteroatoms. The molecular weight excluding hydrogens is 246 g/mol. The van der Waals surface area contributed by atoms with Crippen molar-refractivity contribution < 1.29 is 9.47 Å². The van der Waals surface area contributed by atoms with Gasteiger partial charge in [-0.15, -0.1) is 11.3 Å². The molecule has 2 rings (SSSR count). The van der Waals surface area contributed by atoms with Gasteiger partial charge in [0.1, 0.15) is 5.75 Å². The Morgan fingerprint density at radius 3 is 2.56 bits per heavy atom. The summed E-state index contributed by atoms with van der Waals surface area (Å²) in [5.74, 6) is 1.22. The quantitative estimate of drug-likeness (QED) is 0.915. The van der Waals surface area contributed by atoms with Gasteiger partial charge < -0.3 is 15.2 Å². The molecule has 102 valence electrons. The molecule has 0 bridgehead atoms. The summed E-state index contributed by atoms with van der Waals surface area (Å²) in [6.45, 7) is 8.54. The van der Waals surface area contributed by atoms with Gasteiger partial charge in [0.15, 0.2) is 0 Å². The maximum Gasteiger partial charge on any atom is 0.129 e. The summed E-state index contributed by atoms with van der Waals surface area (Å²) in [5.41, 5.74) is 6.17. The summed E-state index contributed by atoms with van der Waals surface area (Å²) in [5, 5.41) is 2.00. The van der Waals surface area contributed by atoms with Gasteiger partial charge in [0.05, 0.1) is 18.3 Å². The number of nitrogens with two attached hydrogens (primary N) is 1. The Labute approximate surface area is 113 Å². The molecule has 0 saturated carbocycles. The van der Waals surface area contributed by atoms with Crippen molar-refractivity contribution in [3.63, 3.8) is 0 Å². The van der Waals surface area contributed by atoms with Gasteiger partial charge in [0, 0.05) is 22.2 Å². The van der Waals surface area contributed by atoms with E-state index in [9.17, 15) is 0 Å². The highest BCUT2D eigenvalue weighted by Crippen LogP contribution is 2.47. The third-order valence-electron chi connectivity index (χ3n) is 3.74. The van der Waals surface area contributed by atoms with E-state index in [1.54, 1.807) is 18.4 Å². The molecule has 1 fully saturated rings. The number of hydrogen-bond donors (Lipinski definition) is 1. The summed E-state index contributed by atoms with van der Waals surface area (Å²) in [4.78, 5) is 1.17. The van der Waals surface area contributed by atoms with E-state index in [2.05, 4.69) is 27.7 Å². The van der Waals surface area contributed by atoms with Crippen molar-refractivity contribution in [3.8, 4) is 5.75 Å². The van der Waals surface area contributed by atoms with Gasteiger partial charge in [-0.3, -0.25) is 0 Å². The van der Waals surface area contributed by atoms with Crippen molar-refractivity contribution in [2.75, 3.05) is 7.11 Å². The highest BCUT2D eigenvalue weighted by Gasteiger charge is 2.48. The predicted molar refractivity (Wildman–Crippen MR) is 75.1 cm³/mol. The first kappa shape index (κ1) is 13.8. The van der Waals surface area contributed by atoms with Crippen molar-refractivity contribution in [3.05, 3.63) is 16.3 Å². The molecule has 1 aliphatic rings. The zero-order valence-electron chi connectivity index (χ0n) is 11.8. The second-order valence-electron chi connectivity index (χ2n) is 6.19. The van der Waals surface area contributed by atoms with Gasteiger partial charge in [-0.05, 0) is 40.2 Å². The van der Waals surface area contributed by atoms with Crippen LogP contribution in [0.15, 0.2) is 11.4 Å². The van der Waals surface area contributed by atoms with Gasteiger partial charge in [-0.2, -0.15) is 0 Å². The summed E-state index contributed by atoms with van der Waals surface area (Å²) in [6.07, 6.45) is 0.987. The molecule has 2 heterocycles. The van der Waals surface area contributed by atoms with E-state index in [1.165, 1.54) is 4.88 Å². The van der Waals surface area contributed by atoms with E-state index in [0.29, 0.717) is 5.92 Å². The highest BCUT2D eigenvalue weighted by molar-refractivity contribution is 7.10. The van der Waals surface area contributed by atoms with Crippen LogP contribution in [0.3, 0.4) is 0 Å². The lowest BCUT2D eigenvalue weighted by Crippen LogP contribution is -2.35. The van der Waals surface area contributed by atoms with E-state index in [-0.39, 0.29) is 17.2 Å². The molecule has 1 saturated heterocycles. The lowest BCUT2D eigenvalue weighted by molar-refractivity contribution is -0.0766. The van der Waals surface area contributed by atoms with Crippen LogP contribution >= 0.6 is 11.3 Å². The Kier molecular flexibility index (Phi) is 3.47. The molecule has 2 atom stereocenters. The van der Waals surface area contributed by atoms with Gasteiger partial charge in [-0.1, -0.05) is 0 Å². The molecule has 1 aliphatic heterocycles. The fourth-order valence-electron chi connectivity index (χ4n) is 2.98. The minimum absolute atomic E-state index is 0.00988. The fourth-order valence-corrected chi connectivity index (χ4v) is 3.90. The summed E-state index contributed by atoms with van der Waals surface area (Å²) < 4.78 is 11.3. The molecule has 3 nitrogen and oxygen atoms in total. The summed E-state index contributed by atoms with van der Waals surface area (Å²) >= 11 is 1.66. The van der Waals surface area contributed by atoms with Crippen LogP contribution in [0.2, 0.25) is 0 Å². The first-order valence-corrected chi connectivity index (χ1v) is 7.21. The molecule has 0 aliphatic carbocycles. The highest BCUT2D eigenvalue weighted by atomic mass is 32.1. The minimum Gasteiger partial charge on any atom is -0.496 e. The maximum atomic E-state index is 6.44. The molecule has 1 aromatic heterocycles. The Balaban J connectivity index is 2.20. The second kappa shape index (κ2) is 4.51. The number of thiophene rings is 1. The van der Waals surface area contributed by atoms with Crippen molar-refractivity contribution in [1.29, 1.82) is 0 Å². The van der Waals surface area contributed by atoms with Crippen LogP contribution in [0.5, 0.6) is 5.75 Å². The van der Waals surface area contributed by atoms with E-state index < -0.39 is 0 Å². The summed E-state index contributed by atoms with van der Waals surface area (Å²) in [7, 11) is 1.68. The SMILES string of the molecule is COc1csc(C(N)C2CC(C)(C)OC2(C)C)c1. The van der Waals surface area contributed by atoms with Crippen LogP contribution in [0.25, 0.3) is 0 Å². The molecule has 0 amide bonds. The average Bonchev–Trinajstić information content (AvgIpc) is 2.79. The van der Waals surface area contributed by atoms with Crippen LogP contribution in [-0.2, 0) is 4.74 Å². The van der Waals surface area contributed by atoms with Crippen LogP contribution in [0.4, 0.5) is 0 Å². The van der Waals surface area contributed by atoms with Crippen LogP contribution < -0.4 is 10.5 Å². The van der Waals surface area contributed by atoms with E-state index in [0.717, 1.165) is 12.2 Å². The first-order chi connectivity index (χ1) is 8.25. The van der Waals surface area contributed by atoms with E-state index >= 15 is 0 Å². The van der Waals surface area contributed by atoms with Crippen LogP contribution in [0, 0.1) is 5.92 Å². The Hall–Kier alpha value is -0.580. The van der Waals surface area contributed by atoms with Crippen LogP contribution in [0.1, 0.15) is 45.0 Å². The third kappa shape index (κ3) is 2.56. The zero-order valence-corrected chi connectivity index (χ0v) is 12.6. The fraction of sp³-hybridized carbons (Fsp3) is 0.714. The molecule has 18 heavy (non-hydrogen) atoms. The Morgan fingerprint density at radius 2 is 2.11 bits per heavy atom. The van der Waals surface area contributed by atoms with Crippen molar-refractivity contribution >= 4 is 11.3 Å². The van der Waals surface area contributed by atoms with Gasteiger partial charge in [0.25, 0.3) is 0 Å². The molecule has 2 N–H and O–H groups in total. The topological polar surface area (TPSA) is 44.5 Å². The van der Waals surface area contributed by atoms with Crippen molar-refractivity contribution in [2.45, 2.75) is 51.4 Å². The monoisotopic (exact) mass is 269 g/mol. The number of methoxy groups -OCH3 is 1. The normalized spacial score (nSPS) is 27.1. The molecule has 0 spiro atoms. The Bertz CT molecular complexity index is 425. The summed E-state index contributed by atoms with van der Waals surface area (Å²) in [6, 6.07) is 2.05. The maximum absolute atomic E-state index is 6.44. The first-order valence-electron chi connectivity index (χ1n) is 6.33. The number of ether oxygens (including phenoxy) is 2. The lowest BCUT2D eigenvalue weighted by atomic mass is 9.81. The predicted octanol–water partition coefficient (Wildman–Crippen LogP) is 3.35. The lowest BCUT2D eigenvalue weighted by Gasteiger charge is -2.30. The molecular formula is C14H23NO2S. The molecule has 2 unspecified atom stereocenters. The molecule has 1 aromatic rings. The smallest absolute Gasteiger partial charge is 0.129 e. The standard InChI is InChI=1S/C14H23NO2S/c1-13(2)7-10(14(3,4)17-13)12(15)11-6-9(16-5)8-18-11/h6,8,10,12H,7,15H2,1-5H3. The second-order valence-corrected chi connectivity index (χ2v) is 7.13. The number of hydrogen-bond acceptors (Lipinski definition) is 4.